The number of nitrogens with zero attached hydrogens (tertiary/aromatic N) is 1. The monoisotopic (exact) mass is 253 g/mol. The van der Waals surface area contributed by atoms with E-state index in [9.17, 15) is 5.11 Å². The molecule has 0 radical (unpaired) electrons. The molecule has 2 rings (SSSR count). The van der Waals surface area contributed by atoms with E-state index in [1.807, 2.05) is 0 Å². The molecule has 0 spiro atoms. The first kappa shape index (κ1) is 14.3. The van der Waals surface area contributed by atoms with Crippen LogP contribution >= 0.6 is 0 Å². The van der Waals surface area contributed by atoms with Gasteiger partial charge < -0.3 is 10.0 Å². The minimum atomic E-state index is -0.0427. The second-order valence-corrected chi connectivity index (χ2v) is 6.63. The summed E-state index contributed by atoms with van der Waals surface area (Å²) in [5.74, 6) is 1.33. The van der Waals surface area contributed by atoms with Crippen LogP contribution in [0.15, 0.2) is 0 Å². The molecule has 0 aromatic rings. The minimum Gasteiger partial charge on any atom is -0.393 e. The molecule has 2 fully saturated rings. The molecule has 0 aromatic carbocycles. The fraction of sp³-hybridized carbons (Fsp3) is 1.00. The highest BCUT2D eigenvalue weighted by Gasteiger charge is 2.30. The Labute approximate surface area is 113 Å². The lowest BCUT2D eigenvalue weighted by Gasteiger charge is -2.39. The zero-order valence-electron chi connectivity index (χ0n) is 12.3. The van der Waals surface area contributed by atoms with Crippen LogP contribution in [0.3, 0.4) is 0 Å². The van der Waals surface area contributed by atoms with Gasteiger partial charge in [-0.1, -0.05) is 33.1 Å². The summed E-state index contributed by atoms with van der Waals surface area (Å²) < 4.78 is 0. The zero-order chi connectivity index (χ0) is 13.0. The molecule has 2 saturated carbocycles. The smallest absolute Gasteiger partial charge is 0.0580 e. The quantitative estimate of drug-likeness (QED) is 0.829. The Morgan fingerprint density at radius 1 is 1.06 bits per heavy atom. The maximum absolute atomic E-state index is 10.2. The van der Waals surface area contributed by atoms with Gasteiger partial charge in [-0.25, -0.2) is 0 Å². The van der Waals surface area contributed by atoms with Gasteiger partial charge in [0.25, 0.3) is 0 Å². The Bertz CT molecular complexity index is 237. The van der Waals surface area contributed by atoms with Crippen LogP contribution in [0.4, 0.5) is 0 Å². The van der Waals surface area contributed by atoms with Crippen LogP contribution in [0.1, 0.15) is 65.2 Å². The lowest BCUT2D eigenvalue weighted by Crippen LogP contribution is -2.44. The molecular formula is C16H31NO. The van der Waals surface area contributed by atoms with E-state index in [4.69, 9.17) is 0 Å². The van der Waals surface area contributed by atoms with Crippen molar-refractivity contribution in [2.24, 2.45) is 11.8 Å². The van der Waals surface area contributed by atoms with E-state index in [-0.39, 0.29) is 6.10 Å². The van der Waals surface area contributed by atoms with Gasteiger partial charge in [0, 0.05) is 12.6 Å². The van der Waals surface area contributed by atoms with E-state index in [1.54, 1.807) is 0 Å². The first-order valence-electron chi connectivity index (χ1n) is 8.12. The third-order valence-corrected chi connectivity index (χ3v) is 5.17. The van der Waals surface area contributed by atoms with Gasteiger partial charge in [-0.2, -0.15) is 0 Å². The molecule has 0 bridgehead atoms. The average molecular weight is 253 g/mol. The fourth-order valence-corrected chi connectivity index (χ4v) is 3.96. The summed E-state index contributed by atoms with van der Waals surface area (Å²) in [5.41, 5.74) is 0. The number of hydrogen-bond donors (Lipinski definition) is 1. The molecule has 3 unspecified atom stereocenters. The van der Waals surface area contributed by atoms with Crippen LogP contribution in [0.2, 0.25) is 0 Å². The molecule has 0 saturated heterocycles. The Morgan fingerprint density at radius 2 is 1.78 bits per heavy atom. The Balaban J connectivity index is 1.87. The molecule has 2 aliphatic carbocycles. The number of rotatable bonds is 4. The summed E-state index contributed by atoms with van der Waals surface area (Å²) in [4.78, 5) is 2.66. The molecule has 18 heavy (non-hydrogen) atoms. The molecule has 0 amide bonds. The van der Waals surface area contributed by atoms with E-state index >= 15 is 0 Å². The molecule has 0 aromatic heterocycles. The summed E-state index contributed by atoms with van der Waals surface area (Å²) in [5, 5.41) is 10.2. The Kier molecular flexibility index (Phi) is 5.50. The molecular weight excluding hydrogens is 222 g/mol. The van der Waals surface area contributed by atoms with Crippen molar-refractivity contribution >= 4 is 0 Å². The number of aliphatic hydroxyl groups is 1. The van der Waals surface area contributed by atoms with Crippen molar-refractivity contribution in [3.8, 4) is 0 Å². The van der Waals surface area contributed by atoms with Crippen LogP contribution in [-0.2, 0) is 0 Å². The van der Waals surface area contributed by atoms with Gasteiger partial charge >= 0.3 is 0 Å². The van der Waals surface area contributed by atoms with Crippen LogP contribution in [-0.4, -0.2) is 35.2 Å². The minimum absolute atomic E-state index is 0.0427. The molecule has 106 valence electrons. The van der Waals surface area contributed by atoms with E-state index in [0.717, 1.165) is 31.5 Å². The highest BCUT2D eigenvalue weighted by atomic mass is 16.3. The topological polar surface area (TPSA) is 23.5 Å². The fourth-order valence-electron chi connectivity index (χ4n) is 3.96. The Hall–Kier alpha value is -0.0800. The van der Waals surface area contributed by atoms with E-state index < -0.39 is 0 Å². The van der Waals surface area contributed by atoms with Crippen molar-refractivity contribution in [3.05, 3.63) is 0 Å². The van der Waals surface area contributed by atoms with E-state index in [1.165, 1.54) is 44.9 Å². The summed E-state index contributed by atoms with van der Waals surface area (Å²) >= 11 is 0. The Morgan fingerprint density at radius 3 is 2.44 bits per heavy atom. The summed E-state index contributed by atoms with van der Waals surface area (Å²) in [7, 11) is 0. The van der Waals surface area contributed by atoms with Crippen LogP contribution < -0.4 is 0 Å². The molecule has 2 aliphatic rings. The van der Waals surface area contributed by atoms with Crippen molar-refractivity contribution < 1.29 is 5.11 Å². The van der Waals surface area contributed by atoms with Crippen LogP contribution in [0.25, 0.3) is 0 Å². The normalized spacial score (nSPS) is 35.0. The van der Waals surface area contributed by atoms with Gasteiger partial charge in [0.2, 0.25) is 0 Å². The lowest BCUT2D eigenvalue weighted by molar-refractivity contribution is 0.0186. The molecule has 2 nitrogen and oxygen atoms in total. The second kappa shape index (κ2) is 6.91. The second-order valence-electron chi connectivity index (χ2n) is 6.63. The number of hydrogen-bond acceptors (Lipinski definition) is 2. The van der Waals surface area contributed by atoms with Crippen molar-refractivity contribution in [2.75, 3.05) is 13.1 Å². The first-order valence-corrected chi connectivity index (χ1v) is 8.12. The predicted octanol–water partition coefficient (Wildman–Crippen LogP) is 3.44. The zero-order valence-corrected chi connectivity index (χ0v) is 12.3. The van der Waals surface area contributed by atoms with Crippen LogP contribution in [0.5, 0.6) is 0 Å². The predicted molar refractivity (Wildman–Crippen MR) is 76.6 cm³/mol. The van der Waals surface area contributed by atoms with Gasteiger partial charge in [-0.3, -0.25) is 0 Å². The van der Waals surface area contributed by atoms with Crippen molar-refractivity contribution in [2.45, 2.75) is 77.4 Å². The molecule has 0 heterocycles. The average Bonchev–Trinajstić information content (AvgIpc) is 2.41. The standard InChI is InChI=1S/C16H31NO/c1-3-17(15-7-5-4-6-8-15)12-14-11-13(2)9-10-16(14)18/h13-16,18H,3-12H2,1-2H3. The highest BCUT2D eigenvalue weighted by molar-refractivity contribution is 4.83. The summed E-state index contributed by atoms with van der Waals surface area (Å²) in [6.45, 7) is 6.91. The van der Waals surface area contributed by atoms with Gasteiger partial charge in [-0.05, 0) is 50.5 Å². The van der Waals surface area contributed by atoms with Gasteiger partial charge in [0.15, 0.2) is 0 Å². The largest absolute Gasteiger partial charge is 0.393 e. The molecule has 0 aliphatic heterocycles. The molecule has 3 atom stereocenters. The van der Waals surface area contributed by atoms with Gasteiger partial charge in [-0.15, -0.1) is 0 Å². The van der Waals surface area contributed by atoms with E-state index in [2.05, 4.69) is 18.7 Å². The first-order chi connectivity index (χ1) is 8.70. The summed E-state index contributed by atoms with van der Waals surface area (Å²) in [6.07, 6.45) is 10.4. The SMILES string of the molecule is CCN(CC1CC(C)CCC1O)C1CCCCC1. The number of aliphatic hydroxyl groups excluding tert-OH is 1. The van der Waals surface area contributed by atoms with Crippen molar-refractivity contribution in [1.82, 2.24) is 4.90 Å². The summed E-state index contributed by atoms with van der Waals surface area (Å²) in [6, 6.07) is 0.799. The maximum atomic E-state index is 10.2. The lowest BCUT2D eigenvalue weighted by atomic mass is 9.79. The maximum Gasteiger partial charge on any atom is 0.0580 e. The van der Waals surface area contributed by atoms with Gasteiger partial charge in [0.05, 0.1) is 6.10 Å². The van der Waals surface area contributed by atoms with Crippen molar-refractivity contribution in [1.29, 1.82) is 0 Å². The van der Waals surface area contributed by atoms with Crippen molar-refractivity contribution in [3.63, 3.8) is 0 Å². The molecule has 2 heteroatoms. The third kappa shape index (κ3) is 3.71. The van der Waals surface area contributed by atoms with E-state index in [0.29, 0.717) is 5.92 Å². The highest BCUT2D eigenvalue weighted by Crippen LogP contribution is 2.31. The van der Waals surface area contributed by atoms with Gasteiger partial charge in [0.1, 0.15) is 0 Å². The van der Waals surface area contributed by atoms with Crippen LogP contribution in [0, 0.1) is 11.8 Å². The third-order valence-electron chi connectivity index (χ3n) is 5.17. The molecule has 1 N–H and O–H groups in total.